The molecule has 0 saturated carbocycles. The maximum atomic E-state index is 6.18. The number of benzene rings is 1. The summed E-state index contributed by atoms with van der Waals surface area (Å²) in [7, 11) is 0. The Morgan fingerprint density at radius 1 is 1.17 bits per heavy atom. The summed E-state index contributed by atoms with van der Waals surface area (Å²) in [6, 6.07) is 8.42. The van der Waals surface area contributed by atoms with E-state index in [-0.39, 0.29) is 6.23 Å². The van der Waals surface area contributed by atoms with Gasteiger partial charge in [0.25, 0.3) is 0 Å². The zero-order valence-electron chi connectivity index (χ0n) is 11.7. The lowest BCUT2D eigenvalue weighted by atomic mass is 10.2. The van der Waals surface area contributed by atoms with Gasteiger partial charge in [0.05, 0.1) is 0 Å². The highest BCUT2D eigenvalue weighted by Crippen LogP contribution is 2.21. The predicted molar refractivity (Wildman–Crippen MR) is 75.9 cm³/mol. The average Bonchev–Trinajstić information content (AvgIpc) is 2.90. The molecule has 18 heavy (non-hydrogen) atoms. The number of hydrogen-bond acceptors (Lipinski definition) is 2. The number of nitrogens with zero attached hydrogens (tertiary/aromatic N) is 1. The summed E-state index contributed by atoms with van der Waals surface area (Å²) in [5, 5.41) is 0. The van der Waals surface area contributed by atoms with Gasteiger partial charge in [0, 0.05) is 13.1 Å². The summed E-state index contributed by atoms with van der Waals surface area (Å²) in [5.74, 6) is 1.01. The largest absolute Gasteiger partial charge is 0.475 e. The van der Waals surface area contributed by atoms with Crippen LogP contribution in [0.4, 0.5) is 0 Å². The first kappa shape index (κ1) is 13.4. The summed E-state index contributed by atoms with van der Waals surface area (Å²) in [5.41, 5.74) is 1.29. The van der Waals surface area contributed by atoms with Crippen molar-refractivity contribution in [2.24, 2.45) is 0 Å². The highest BCUT2D eigenvalue weighted by Gasteiger charge is 2.22. The Balaban J connectivity index is 1.97. The molecule has 1 aliphatic rings. The lowest BCUT2D eigenvalue weighted by Crippen LogP contribution is -2.37. The van der Waals surface area contributed by atoms with Crippen molar-refractivity contribution < 1.29 is 4.74 Å². The number of likely N-dealkylation sites (tertiary alicyclic amines) is 1. The summed E-state index contributed by atoms with van der Waals surface area (Å²) < 4.78 is 6.18. The van der Waals surface area contributed by atoms with E-state index in [1.54, 1.807) is 0 Å². The molecule has 2 heteroatoms. The normalized spacial score (nSPS) is 17.9. The fraction of sp³-hybridized carbons (Fsp3) is 0.625. The lowest BCUT2D eigenvalue weighted by Gasteiger charge is -2.28. The van der Waals surface area contributed by atoms with Gasteiger partial charge in [-0.05, 0) is 44.7 Å². The molecular formula is C16H25NO. The standard InChI is InChI=1S/C16H25NO/c1-3-4-7-16(17-12-5-6-13-17)18-15-10-8-14(2)9-11-15/h8-11,16H,3-7,12-13H2,1-2H3. The molecule has 0 spiro atoms. The predicted octanol–water partition coefficient (Wildman–Crippen LogP) is 3.99. The molecule has 2 nitrogen and oxygen atoms in total. The minimum Gasteiger partial charge on any atom is -0.475 e. The Kier molecular flexibility index (Phi) is 5.06. The van der Waals surface area contributed by atoms with Gasteiger partial charge in [-0.2, -0.15) is 0 Å². The van der Waals surface area contributed by atoms with Crippen LogP contribution in [0.15, 0.2) is 24.3 Å². The molecular weight excluding hydrogens is 222 g/mol. The second kappa shape index (κ2) is 6.79. The second-order valence-corrected chi connectivity index (χ2v) is 5.27. The third-order valence-corrected chi connectivity index (χ3v) is 3.65. The monoisotopic (exact) mass is 247 g/mol. The molecule has 0 radical (unpaired) electrons. The van der Waals surface area contributed by atoms with Gasteiger partial charge in [-0.15, -0.1) is 0 Å². The van der Waals surface area contributed by atoms with Gasteiger partial charge in [-0.1, -0.05) is 31.0 Å². The van der Waals surface area contributed by atoms with Gasteiger partial charge in [0.15, 0.2) is 6.23 Å². The second-order valence-electron chi connectivity index (χ2n) is 5.27. The van der Waals surface area contributed by atoms with Gasteiger partial charge < -0.3 is 4.74 Å². The van der Waals surface area contributed by atoms with Crippen molar-refractivity contribution in [3.63, 3.8) is 0 Å². The van der Waals surface area contributed by atoms with E-state index < -0.39 is 0 Å². The van der Waals surface area contributed by atoms with Crippen LogP contribution < -0.4 is 4.74 Å². The van der Waals surface area contributed by atoms with Gasteiger partial charge in [0.1, 0.15) is 5.75 Å². The van der Waals surface area contributed by atoms with E-state index in [0.717, 1.165) is 12.2 Å². The third-order valence-electron chi connectivity index (χ3n) is 3.65. The summed E-state index contributed by atoms with van der Waals surface area (Å²) >= 11 is 0. The molecule has 0 aromatic heterocycles. The third kappa shape index (κ3) is 3.74. The Morgan fingerprint density at radius 2 is 1.83 bits per heavy atom. The molecule has 1 fully saturated rings. The fourth-order valence-electron chi connectivity index (χ4n) is 2.50. The van der Waals surface area contributed by atoms with Crippen molar-refractivity contribution in [1.82, 2.24) is 4.90 Å². The smallest absolute Gasteiger partial charge is 0.152 e. The Bertz CT molecular complexity index is 341. The van der Waals surface area contributed by atoms with Crippen molar-refractivity contribution >= 4 is 0 Å². The average molecular weight is 247 g/mol. The van der Waals surface area contributed by atoms with Crippen molar-refractivity contribution in [3.8, 4) is 5.75 Å². The molecule has 0 N–H and O–H groups in total. The molecule has 0 bridgehead atoms. The van der Waals surface area contributed by atoms with Crippen molar-refractivity contribution in [2.45, 2.75) is 52.2 Å². The van der Waals surface area contributed by atoms with Crippen LogP contribution in [-0.2, 0) is 0 Å². The maximum Gasteiger partial charge on any atom is 0.152 e. The Morgan fingerprint density at radius 3 is 2.44 bits per heavy atom. The van der Waals surface area contributed by atoms with E-state index in [0.29, 0.717) is 0 Å². The van der Waals surface area contributed by atoms with Gasteiger partial charge in [-0.3, -0.25) is 4.90 Å². The molecule has 1 saturated heterocycles. The van der Waals surface area contributed by atoms with E-state index in [4.69, 9.17) is 4.74 Å². The van der Waals surface area contributed by atoms with Crippen LogP contribution >= 0.6 is 0 Å². The van der Waals surface area contributed by atoms with E-state index in [2.05, 4.69) is 43.0 Å². The Hall–Kier alpha value is -1.02. The molecule has 1 aliphatic heterocycles. The number of aryl methyl sites for hydroxylation is 1. The van der Waals surface area contributed by atoms with Crippen LogP contribution in [-0.4, -0.2) is 24.2 Å². The number of rotatable bonds is 6. The lowest BCUT2D eigenvalue weighted by molar-refractivity contribution is 0.0345. The zero-order valence-corrected chi connectivity index (χ0v) is 11.7. The highest BCUT2D eigenvalue weighted by molar-refractivity contribution is 5.26. The summed E-state index contributed by atoms with van der Waals surface area (Å²) in [6.07, 6.45) is 6.54. The van der Waals surface area contributed by atoms with E-state index in [9.17, 15) is 0 Å². The molecule has 1 aromatic rings. The van der Waals surface area contributed by atoms with Crippen LogP contribution in [0.25, 0.3) is 0 Å². The molecule has 1 atom stereocenters. The Labute approximate surface area is 111 Å². The maximum absolute atomic E-state index is 6.18. The van der Waals surface area contributed by atoms with Crippen LogP contribution in [0.5, 0.6) is 5.75 Å². The van der Waals surface area contributed by atoms with Gasteiger partial charge >= 0.3 is 0 Å². The van der Waals surface area contributed by atoms with Gasteiger partial charge in [0.2, 0.25) is 0 Å². The number of hydrogen-bond donors (Lipinski definition) is 0. The molecule has 0 aliphatic carbocycles. The molecule has 100 valence electrons. The van der Waals surface area contributed by atoms with E-state index in [1.807, 2.05) is 0 Å². The first-order valence-electron chi connectivity index (χ1n) is 7.27. The van der Waals surface area contributed by atoms with Gasteiger partial charge in [-0.25, -0.2) is 0 Å². The van der Waals surface area contributed by atoms with Crippen LogP contribution in [0.1, 0.15) is 44.6 Å². The molecule has 0 amide bonds. The SMILES string of the molecule is CCCCC(Oc1ccc(C)cc1)N1CCCC1. The zero-order chi connectivity index (χ0) is 12.8. The topological polar surface area (TPSA) is 12.5 Å². The highest BCUT2D eigenvalue weighted by atomic mass is 16.5. The summed E-state index contributed by atoms with van der Waals surface area (Å²) in [4.78, 5) is 2.50. The number of ether oxygens (including phenoxy) is 1. The molecule has 2 rings (SSSR count). The quantitative estimate of drug-likeness (QED) is 0.753. The fourth-order valence-corrected chi connectivity index (χ4v) is 2.50. The van der Waals surface area contributed by atoms with E-state index >= 15 is 0 Å². The van der Waals surface area contributed by atoms with Crippen LogP contribution in [0, 0.1) is 6.92 Å². The van der Waals surface area contributed by atoms with E-state index in [1.165, 1.54) is 44.3 Å². The first-order chi connectivity index (χ1) is 8.79. The number of unbranched alkanes of at least 4 members (excludes halogenated alkanes) is 1. The van der Waals surface area contributed by atoms with Crippen LogP contribution in [0.3, 0.4) is 0 Å². The minimum atomic E-state index is 0.273. The molecule has 1 unspecified atom stereocenters. The molecule has 1 aromatic carbocycles. The minimum absolute atomic E-state index is 0.273. The van der Waals surface area contributed by atoms with Crippen molar-refractivity contribution in [2.75, 3.05) is 13.1 Å². The van der Waals surface area contributed by atoms with Crippen molar-refractivity contribution in [3.05, 3.63) is 29.8 Å². The molecule has 1 heterocycles. The summed E-state index contributed by atoms with van der Waals surface area (Å²) in [6.45, 7) is 6.74. The van der Waals surface area contributed by atoms with Crippen molar-refractivity contribution in [1.29, 1.82) is 0 Å². The van der Waals surface area contributed by atoms with Crippen LogP contribution in [0.2, 0.25) is 0 Å². The first-order valence-corrected chi connectivity index (χ1v) is 7.27.